The minimum atomic E-state index is 0.346. The van der Waals surface area contributed by atoms with Crippen LogP contribution < -0.4 is 5.32 Å². The number of aromatic nitrogens is 2. The Labute approximate surface area is 97.1 Å². The third kappa shape index (κ3) is 2.39. The zero-order chi connectivity index (χ0) is 11.5. The molecule has 0 aliphatic carbocycles. The standard InChI is InChI=1S/C12H20N4/c1-9(2)10-6-13-8-15-12(10)11-7-16(3)5-4-14-11/h6,8-9,11,14H,4-5,7H2,1-3H3. The average molecular weight is 220 g/mol. The molecule has 1 aliphatic rings. The van der Waals surface area contributed by atoms with Crippen LogP contribution in [0.1, 0.15) is 37.1 Å². The minimum absolute atomic E-state index is 0.346. The molecule has 2 rings (SSSR count). The van der Waals surface area contributed by atoms with E-state index in [0.717, 1.165) is 25.3 Å². The molecule has 0 saturated carbocycles. The summed E-state index contributed by atoms with van der Waals surface area (Å²) in [5.74, 6) is 0.477. The van der Waals surface area contributed by atoms with Gasteiger partial charge in [0.05, 0.1) is 11.7 Å². The first-order chi connectivity index (χ1) is 7.68. The van der Waals surface area contributed by atoms with Crippen molar-refractivity contribution in [2.45, 2.75) is 25.8 Å². The molecule has 4 heteroatoms. The van der Waals surface area contributed by atoms with Crippen LogP contribution in [0.4, 0.5) is 0 Å². The van der Waals surface area contributed by atoms with Crippen molar-refractivity contribution in [1.29, 1.82) is 0 Å². The van der Waals surface area contributed by atoms with Crippen molar-refractivity contribution in [3.8, 4) is 0 Å². The van der Waals surface area contributed by atoms with Crippen LogP contribution in [-0.2, 0) is 0 Å². The van der Waals surface area contributed by atoms with Gasteiger partial charge in [0.15, 0.2) is 0 Å². The summed E-state index contributed by atoms with van der Waals surface area (Å²) >= 11 is 0. The van der Waals surface area contributed by atoms with E-state index in [9.17, 15) is 0 Å². The van der Waals surface area contributed by atoms with Crippen LogP contribution in [0.3, 0.4) is 0 Å². The van der Waals surface area contributed by atoms with Gasteiger partial charge in [-0.3, -0.25) is 0 Å². The molecule has 1 unspecified atom stereocenters. The Balaban J connectivity index is 2.25. The maximum Gasteiger partial charge on any atom is 0.115 e. The number of likely N-dealkylation sites (N-methyl/N-ethyl adjacent to an activating group) is 1. The Morgan fingerprint density at radius 3 is 3.00 bits per heavy atom. The summed E-state index contributed by atoms with van der Waals surface area (Å²) in [5, 5.41) is 3.53. The van der Waals surface area contributed by atoms with Gasteiger partial charge in [0.25, 0.3) is 0 Å². The van der Waals surface area contributed by atoms with Crippen LogP contribution in [0.5, 0.6) is 0 Å². The van der Waals surface area contributed by atoms with Crippen LogP contribution in [0.25, 0.3) is 0 Å². The van der Waals surface area contributed by atoms with Crippen molar-refractivity contribution in [3.05, 3.63) is 23.8 Å². The predicted molar refractivity (Wildman–Crippen MR) is 64.4 cm³/mol. The summed E-state index contributed by atoms with van der Waals surface area (Å²) in [4.78, 5) is 10.9. The number of piperazine rings is 1. The van der Waals surface area contributed by atoms with Gasteiger partial charge in [-0.1, -0.05) is 13.8 Å². The van der Waals surface area contributed by atoms with E-state index in [1.165, 1.54) is 5.56 Å². The van der Waals surface area contributed by atoms with Gasteiger partial charge in [-0.25, -0.2) is 9.97 Å². The molecule has 0 spiro atoms. The van der Waals surface area contributed by atoms with Crippen molar-refractivity contribution < 1.29 is 0 Å². The van der Waals surface area contributed by atoms with Crippen LogP contribution in [0.15, 0.2) is 12.5 Å². The molecular weight excluding hydrogens is 200 g/mol. The van der Waals surface area contributed by atoms with E-state index in [1.54, 1.807) is 6.33 Å². The lowest BCUT2D eigenvalue weighted by molar-refractivity contribution is 0.237. The van der Waals surface area contributed by atoms with Crippen molar-refractivity contribution in [2.75, 3.05) is 26.7 Å². The Morgan fingerprint density at radius 1 is 1.50 bits per heavy atom. The Hall–Kier alpha value is -1.00. The van der Waals surface area contributed by atoms with Crippen molar-refractivity contribution in [2.24, 2.45) is 0 Å². The molecule has 1 aromatic heterocycles. The molecule has 1 saturated heterocycles. The first kappa shape index (κ1) is 11.5. The normalized spacial score (nSPS) is 22.6. The van der Waals surface area contributed by atoms with E-state index in [2.05, 4.69) is 41.1 Å². The Kier molecular flexibility index (Phi) is 3.51. The maximum atomic E-state index is 4.46. The molecule has 2 heterocycles. The summed E-state index contributed by atoms with van der Waals surface area (Å²) in [5.41, 5.74) is 2.42. The summed E-state index contributed by atoms with van der Waals surface area (Å²) in [6, 6.07) is 0.346. The SMILES string of the molecule is CC(C)c1cncnc1C1CN(C)CCN1. The van der Waals surface area contributed by atoms with E-state index >= 15 is 0 Å². The van der Waals surface area contributed by atoms with E-state index < -0.39 is 0 Å². The van der Waals surface area contributed by atoms with Crippen LogP contribution >= 0.6 is 0 Å². The molecule has 1 aliphatic heterocycles. The maximum absolute atomic E-state index is 4.46. The number of hydrogen-bond donors (Lipinski definition) is 1. The highest BCUT2D eigenvalue weighted by atomic mass is 15.2. The number of nitrogens with one attached hydrogen (secondary N) is 1. The molecule has 0 amide bonds. The largest absolute Gasteiger partial charge is 0.306 e. The zero-order valence-corrected chi connectivity index (χ0v) is 10.3. The second kappa shape index (κ2) is 4.89. The number of nitrogens with zero attached hydrogens (tertiary/aromatic N) is 3. The number of rotatable bonds is 2. The topological polar surface area (TPSA) is 41.1 Å². The first-order valence-corrected chi connectivity index (χ1v) is 5.90. The van der Waals surface area contributed by atoms with Gasteiger partial charge in [-0.2, -0.15) is 0 Å². The smallest absolute Gasteiger partial charge is 0.115 e. The molecule has 16 heavy (non-hydrogen) atoms. The highest BCUT2D eigenvalue weighted by molar-refractivity contribution is 5.23. The third-order valence-electron chi connectivity index (χ3n) is 3.10. The first-order valence-electron chi connectivity index (χ1n) is 5.90. The Morgan fingerprint density at radius 2 is 2.31 bits per heavy atom. The highest BCUT2D eigenvalue weighted by Gasteiger charge is 2.22. The summed E-state index contributed by atoms with van der Waals surface area (Å²) in [6.07, 6.45) is 3.60. The second-order valence-electron chi connectivity index (χ2n) is 4.79. The van der Waals surface area contributed by atoms with E-state index in [1.807, 2.05) is 6.20 Å². The third-order valence-corrected chi connectivity index (χ3v) is 3.10. The van der Waals surface area contributed by atoms with Gasteiger partial charge in [0.1, 0.15) is 6.33 Å². The van der Waals surface area contributed by atoms with Gasteiger partial charge in [0.2, 0.25) is 0 Å². The summed E-state index contributed by atoms with van der Waals surface area (Å²) < 4.78 is 0. The average Bonchev–Trinajstić information content (AvgIpc) is 2.29. The van der Waals surface area contributed by atoms with Gasteiger partial charge < -0.3 is 10.2 Å². The lowest BCUT2D eigenvalue weighted by atomic mass is 9.98. The molecule has 1 atom stereocenters. The van der Waals surface area contributed by atoms with E-state index in [-0.39, 0.29) is 0 Å². The fraction of sp³-hybridized carbons (Fsp3) is 0.667. The highest BCUT2D eigenvalue weighted by Crippen LogP contribution is 2.23. The van der Waals surface area contributed by atoms with Gasteiger partial charge in [0, 0.05) is 25.8 Å². The molecule has 4 nitrogen and oxygen atoms in total. The van der Waals surface area contributed by atoms with Gasteiger partial charge in [-0.05, 0) is 18.5 Å². The molecule has 1 N–H and O–H groups in total. The van der Waals surface area contributed by atoms with E-state index in [4.69, 9.17) is 0 Å². The molecule has 1 aromatic rings. The molecule has 0 radical (unpaired) electrons. The van der Waals surface area contributed by atoms with Crippen LogP contribution in [0, 0.1) is 0 Å². The number of hydrogen-bond acceptors (Lipinski definition) is 4. The van der Waals surface area contributed by atoms with Crippen molar-refractivity contribution >= 4 is 0 Å². The summed E-state index contributed by atoms with van der Waals surface area (Å²) in [7, 11) is 2.16. The van der Waals surface area contributed by atoms with Crippen LogP contribution in [-0.4, -0.2) is 41.5 Å². The monoisotopic (exact) mass is 220 g/mol. The summed E-state index contributed by atoms with van der Waals surface area (Å²) in [6.45, 7) is 7.54. The molecule has 88 valence electrons. The van der Waals surface area contributed by atoms with Crippen molar-refractivity contribution in [1.82, 2.24) is 20.2 Å². The van der Waals surface area contributed by atoms with Crippen molar-refractivity contribution in [3.63, 3.8) is 0 Å². The fourth-order valence-electron chi connectivity index (χ4n) is 2.17. The van der Waals surface area contributed by atoms with Crippen LogP contribution in [0.2, 0.25) is 0 Å². The zero-order valence-electron chi connectivity index (χ0n) is 10.3. The second-order valence-corrected chi connectivity index (χ2v) is 4.79. The molecule has 0 bridgehead atoms. The van der Waals surface area contributed by atoms with E-state index in [0.29, 0.717) is 12.0 Å². The minimum Gasteiger partial charge on any atom is -0.306 e. The fourth-order valence-corrected chi connectivity index (χ4v) is 2.17. The quantitative estimate of drug-likeness (QED) is 0.812. The van der Waals surface area contributed by atoms with Gasteiger partial charge in [-0.15, -0.1) is 0 Å². The lowest BCUT2D eigenvalue weighted by Gasteiger charge is -2.31. The Bertz CT molecular complexity index is 351. The predicted octanol–water partition coefficient (Wildman–Crippen LogP) is 1.18. The molecule has 1 fully saturated rings. The van der Waals surface area contributed by atoms with Gasteiger partial charge >= 0.3 is 0 Å². The molecular formula is C12H20N4. The lowest BCUT2D eigenvalue weighted by Crippen LogP contribution is -2.44. The molecule has 0 aromatic carbocycles.